The molecule has 1 heterocycles. The summed E-state index contributed by atoms with van der Waals surface area (Å²) >= 11 is 0. The highest BCUT2D eigenvalue weighted by atomic mass is 16.5. The number of amides is 2. The van der Waals surface area contributed by atoms with Gasteiger partial charge in [0.1, 0.15) is 5.75 Å². The van der Waals surface area contributed by atoms with Gasteiger partial charge in [-0.25, -0.2) is 0 Å². The Morgan fingerprint density at radius 2 is 2.24 bits per heavy atom. The van der Waals surface area contributed by atoms with E-state index in [9.17, 15) is 14.7 Å². The molecule has 0 aromatic heterocycles. The summed E-state index contributed by atoms with van der Waals surface area (Å²) in [4.78, 5) is 26.1. The second-order valence-electron chi connectivity index (χ2n) is 6.17. The van der Waals surface area contributed by atoms with E-state index < -0.39 is 0 Å². The van der Waals surface area contributed by atoms with Gasteiger partial charge in [-0.1, -0.05) is 13.5 Å². The highest BCUT2D eigenvalue weighted by Crippen LogP contribution is 2.24. The van der Waals surface area contributed by atoms with Crippen molar-refractivity contribution in [3.63, 3.8) is 0 Å². The summed E-state index contributed by atoms with van der Waals surface area (Å²) in [5.41, 5.74) is 0.613. The first kappa shape index (κ1) is 19.0. The Labute approximate surface area is 148 Å². The quantitative estimate of drug-likeness (QED) is 0.588. The highest BCUT2D eigenvalue weighted by Gasteiger charge is 2.24. The van der Waals surface area contributed by atoms with Gasteiger partial charge >= 0.3 is 0 Å². The third kappa shape index (κ3) is 5.32. The fraction of sp³-hybridized carbons (Fsp3) is 0.474. The predicted octanol–water partition coefficient (Wildman–Crippen LogP) is 2.94. The van der Waals surface area contributed by atoms with Crippen LogP contribution in [0, 0.1) is 0 Å². The topological polar surface area (TPSA) is 78.9 Å². The summed E-state index contributed by atoms with van der Waals surface area (Å²) in [5.74, 6) is -0.736. The van der Waals surface area contributed by atoms with E-state index in [4.69, 9.17) is 4.74 Å². The Morgan fingerprint density at radius 1 is 1.44 bits per heavy atom. The number of anilines is 1. The van der Waals surface area contributed by atoms with Gasteiger partial charge in [-0.15, -0.1) is 0 Å². The molecule has 0 bridgehead atoms. The van der Waals surface area contributed by atoms with Crippen LogP contribution in [0.5, 0.6) is 5.75 Å². The Hall–Kier alpha value is -2.34. The third-order valence-corrected chi connectivity index (χ3v) is 4.16. The van der Waals surface area contributed by atoms with E-state index in [2.05, 4.69) is 11.9 Å². The molecule has 1 atom stereocenters. The first-order valence-corrected chi connectivity index (χ1v) is 8.72. The summed E-state index contributed by atoms with van der Waals surface area (Å²) < 4.78 is 5.74. The molecule has 0 saturated carbocycles. The molecule has 6 heteroatoms. The number of nitrogens with one attached hydrogen (secondary N) is 1. The van der Waals surface area contributed by atoms with E-state index >= 15 is 0 Å². The summed E-state index contributed by atoms with van der Waals surface area (Å²) in [5, 5.41) is 12.7. The van der Waals surface area contributed by atoms with Crippen molar-refractivity contribution in [3.8, 4) is 5.75 Å². The molecule has 1 aliphatic heterocycles. The summed E-state index contributed by atoms with van der Waals surface area (Å²) in [6.45, 7) is 7.22. The van der Waals surface area contributed by atoms with E-state index in [-0.39, 0.29) is 29.2 Å². The van der Waals surface area contributed by atoms with Crippen molar-refractivity contribution in [3.05, 3.63) is 36.4 Å². The van der Waals surface area contributed by atoms with Gasteiger partial charge in [-0.05, 0) is 50.0 Å². The Kier molecular flexibility index (Phi) is 7.01. The number of phenolic OH excluding ortho intramolecular Hbond substituents is 1. The van der Waals surface area contributed by atoms with E-state index in [1.807, 2.05) is 6.92 Å². The number of carbonyl (C=O) groups is 2. The minimum Gasteiger partial charge on any atom is -0.507 e. The second-order valence-corrected chi connectivity index (χ2v) is 6.17. The molecule has 2 amide bonds. The zero-order valence-electron chi connectivity index (χ0n) is 14.7. The standard InChI is InChI=1S/C19H26N2O4/c1-3-10-21(13-15-7-5-6-11-25-15)19(24)16-12-14(8-9-17(16)22)20-18(23)4-2/h4,8-9,12,15,22H,2-3,5-7,10-11,13H2,1H3,(H,20,23). The lowest BCUT2D eigenvalue weighted by molar-refractivity contribution is -0.111. The van der Waals surface area contributed by atoms with Crippen molar-refractivity contribution in [1.29, 1.82) is 0 Å². The molecule has 6 nitrogen and oxygen atoms in total. The van der Waals surface area contributed by atoms with Crippen LogP contribution in [0.3, 0.4) is 0 Å². The van der Waals surface area contributed by atoms with Crippen molar-refractivity contribution in [1.82, 2.24) is 4.90 Å². The molecule has 1 unspecified atom stereocenters. The van der Waals surface area contributed by atoms with Gasteiger partial charge in [0.2, 0.25) is 5.91 Å². The van der Waals surface area contributed by atoms with Crippen LogP contribution in [0.25, 0.3) is 0 Å². The molecule has 0 radical (unpaired) electrons. The molecule has 1 aliphatic rings. The van der Waals surface area contributed by atoms with E-state index in [1.165, 1.54) is 12.1 Å². The normalized spacial score (nSPS) is 16.9. The molecule has 0 aliphatic carbocycles. The molecule has 1 fully saturated rings. The van der Waals surface area contributed by atoms with Gasteiger partial charge in [0.05, 0.1) is 11.7 Å². The van der Waals surface area contributed by atoms with Gasteiger partial charge in [0.15, 0.2) is 0 Å². The lowest BCUT2D eigenvalue weighted by atomic mass is 10.1. The van der Waals surface area contributed by atoms with Gasteiger partial charge in [-0.2, -0.15) is 0 Å². The summed E-state index contributed by atoms with van der Waals surface area (Å²) in [6, 6.07) is 4.44. The van der Waals surface area contributed by atoms with Crippen molar-refractivity contribution < 1.29 is 19.4 Å². The maximum absolute atomic E-state index is 12.9. The number of carbonyl (C=O) groups excluding carboxylic acids is 2. The lowest BCUT2D eigenvalue weighted by Crippen LogP contribution is -2.40. The van der Waals surface area contributed by atoms with Gasteiger partial charge < -0.3 is 20.1 Å². The van der Waals surface area contributed by atoms with Crippen molar-refractivity contribution in [2.24, 2.45) is 0 Å². The van der Waals surface area contributed by atoms with Crippen molar-refractivity contribution in [2.45, 2.75) is 38.7 Å². The van der Waals surface area contributed by atoms with Crippen LogP contribution in [0.2, 0.25) is 0 Å². The first-order chi connectivity index (χ1) is 12.0. The molecule has 0 spiro atoms. The molecule has 136 valence electrons. The minimum absolute atomic E-state index is 0.0371. The number of phenols is 1. The van der Waals surface area contributed by atoms with E-state index in [0.717, 1.165) is 38.4 Å². The molecule has 1 aromatic rings. The molecule has 1 aromatic carbocycles. The monoisotopic (exact) mass is 346 g/mol. The fourth-order valence-electron chi connectivity index (χ4n) is 2.89. The summed E-state index contributed by atoms with van der Waals surface area (Å²) in [7, 11) is 0. The molecule has 25 heavy (non-hydrogen) atoms. The van der Waals surface area contributed by atoms with Crippen LogP contribution >= 0.6 is 0 Å². The summed E-state index contributed by atoms with van der Waals surface area (Å²) in [6.07, 6.45) is 5.10. The zero-order valence-corrected chi connectivity index (χ0v) is 14.7. The maximum atomic E-state index is 12.9. The van der Waals surface area contributed by atoms with Crippen LogP contribution in [-0.4, -0.2) is 47.6 Å². The number of hydrogen-bond acceptors (Lipinski definition) is 4. The number of hydrogen-bond donors (Lipinski definition) is 2. The highest BCUT2D eigenvalue weighted by molar-refractivity contribution is 6.02. The SMILES string of the molecule is C=CC(=O)Nc1ccc(O)c(C(=O)N(CCC)CC2CCCCO2)c1. The largest absolute Gasteiger partial charge is 0.507 e. The van der Waals surface area contributed by atoms with Crippen LogP contribution in [0.1, 0.15) is 43.0 Å². The minimum atomic E-state index is -0.370. The van der Waals surface area contributed by atoms with Gasteiger partial charge in [0.25, 0.3) is 5.91 Å². The molecular formula is C19H26N2O4. The van der Waals surface area contributed by atoms with Crippen molar-refractivity contribution in [2.75, 3.05) is 25.0 Å². The Morgan fingerprint density at radius 3 is 2.88 bits per heavy atom. The van der Waals surface area contributed by atoms with Crippen LogP contribution in [0.4, 0.5) is 5.69 Å². The average molecular weight is 346 g/mol. The molecule has 2 N–H and O–H groups in total. The van der Waals surface area contributed by atoms with Crippen LogP contribution in [-0.2, 0) is 9.53 Å². The Bertz CT molecular complexity index is 624. The number of benzene rings is 1. The van der Waals surface area contributed by atoms with E-state index in [1.54, 1.807) is 11.0 Å². The number of aromatic hydroxyl groups is 1. The van der Waals surface area contributed by atoms with Crippen LogP contribution in [0.15, 0.2) is 30.9 Å². The van der Waals surface area contributed by atoms with Gasteiger partial charge in [-0.3, -0.25) is 9.59 Å². The number of ether oxygens (including phenoxy) is 1. The number of rotatable bonds is 7. The fourth-order valence-corrected chi connectivity index (χ4v) is 2.89. The average Bonchev–Trinajstić information content (AvgIpc) is 2.63. The molecular weight excluding hydrogens is 320 g/mol. The predicted molar refractivity (Wildman–Crippen MR) is 96.7 cm³/mol. The van der Waals surface area contributed by atoms with E-state index in [0.29, 0.717) is 18.8 Å². The zero-order chi connectivity index (χ0) is 18.2. The lowest BCUT2D eigenvalue weighted by Gasteiger charge is -2.30. The Balaban J connectivity index is 2.17. The third-order valence-electron chi connectivity index (χ3n) is 4.16. The second kappa shape index (κ2) is 9.22. The molecule has 2 rings (SSSR count). The maximum Gasteiger partial charge on any atom is 0.257 e. The number of nitrogens with zero attached hydrogens (tertiary/aromatic N) is 1. The van der Waals surface area contributed by atoms with Crippen molar-refractivity contribution >= 4 is 17.5 Å². The first-order valence-electron chi connectivity index (χ1n) is 8.72. The molecule has 1 saturated heterocycles. The smallest absolute Gasteiger partial charge is 0.257 e. The van der Waals surface area contributed by atoms with Gasteiger partial charge in [0, 0.05) is 25.4 Å². The van der Waals surface area contributed by atoms with Crippen LogP contribution < -0.4 is 5.32 Å².